The molecular formula is C71H106O12. The average Bonchev–Trinajstić information content (AvgIpc) is 3.59. The Morgan fingerprint density at radius 3 is 1.13 bits per heavy atom. The highest BCUT2D eigenvalue weighted by atomic mass is 16.7. The van der Waals surface area contributed by atoms with Gasteiger partial charge in [0, 0.05) is 19.3 Å². The lowest BCUT2D eigenvalue weighted by atomic mass is 9.98. The van der Waals surface area contributed by atoms with E-state index in [1.807, 2.05) is 12.2 Å². The average molecular weight is 1150 g/mol. The number of aliphatic carboxylic acids is 1. The first kappa shape index (κ1) is 75.1. The summed E-state index contributed by atoms with van der Waals surface area (Å²) in [6.07, 6.45) is 71.7. The summed E-state index contributed by atoms with van der Waals surface area (Å²) < 4.78 is 28.4. The van der Waals surface area contributed by atoms with Gasteiger partial charge in [0.05, 0.1) is 6.61 Å². The Hall–Kier alpha value is -5.92. The molecule has 3 N–H and O–H groups in total. The van der Waals surface area contributed by atoms with Gasteiger partial charge < -0.3 is 39.0 Å². The molecule has 0 aromatic rings. The fourth-order valence-corrected chi connectivity index (χ4v) is 8.12. The van der Waals surface area contributed by atoms with Crippen molar-refractivity contribution in [1.29, 1.82) is 0 Å². The predicted octanol–water partition coefficient (Wildman–Crippen LogP) is 16.7. The van der Waals surface area contributed by atoms with Crippen molar-refractivity contribution in [1.82, 2.24) is 0 Å². The summed E-state index contributed by atoms with van der Waals surface area (Å²) >= 11 is 0. The Kier molecular flexibility index (Phi) is 51.2. The third-order valence-corrected chi connectivity index (χ3v) is 12.8. The van der Waals surface area contributed by atoms with Crippen molar-refractivity contribution in [3.8, 4) is 0 Å². The molecule has 12 nitrogen and oxygen atoms in total. The largest absolute Gasteiger partial charge is 0.479 e. The molecule has 0 saturated carbocycles. The van der Waals surface area contributed by atoms with Gasteiger partial charge in [-0.3, -0.25) is 14.4 Å². The third-order valence-electron chi connectivity index (χ3n) is 12.8. The van der Waals surface area contributed by atoms with Gasteiger partial charge in [-0.15, -0.1) is 0 Å². The van der Waals surface area contributed by atoms with E-state index in [-0.39, 0.29) is 25.9 Å². The number of carboxylic acid groups (broad SMARTS) is 1. The summed E-state index contributed by atoms with van der Waals surface area (Å²) in [6.45, 7) is 5.56. The van der Waals surface area contributed by atoms with Gasteiger partial charge in [0.2, 0.25) is 0 Å². The molecule has 0 aromatic carbocycles. The van der Waals surface area contributed by atoms with Crippen molar-refractivity contribution in [3.05, 3.63) is 170 Å². The number of ether oxygens (including phenoxy) is 5. The van der Waals surface area contributed by atoms with Gasteiger partial charge in [0.25, 0.3) is 0 Å². The molecule has 83 heavy (non-hydrogen) atoms. The number of aliphatic hydroxyl groups excluding tert-OH is 2. The number of rotatable bonds is 50. The molecule has 1 aliphatic rings. The van der Waals surface area contributed by atoms with Crippen LogP contribution in [0.15, 0.2) is 170 Å². The van der Waals surface area contributed by atoms with Crippen molar-refractivity contribution < 1.29 is 58.2 Å². The second-order valence-corrected chi connectivity index (χ2v) is 20.2. The van der Waals surface area contributed by atoms with Gasteiger partial charge in [-0.25, -0.2) is 4.79 Å². The summed E-state index contributed by atoms with van der Waals surface area (Å²) in [5.41, 5.74) is 0. The maximum Gasteiger partial charge on any atom is 0.335 e. The summed E-state index contributed by atoms with van der Waals surface area (Å²) in [4.78, 5) is 51.3. The van der Waals surface area contributed by atoms with Crippen molar-refractivity contribution >= 4 is 23.9 Å². The van der Waals surface area contributed by atoms with Crippen LogP contribution in [0.3, 0.4) is 0 Å². The van der Waals surface area contributed by atoms with E-state index < -0.39 is 67.3 Å². The summed E-state index contributed by atoms with van der Waals surface area (Å²) in [6, 6.07) is 0. The van der Waals surface area contributed by atoms with E-state index in [1.54, 1.807) is 0 Å². The second-order valence-electron chi connectivity index (χ2n) is 20.2. The summed E-state index contributed by atoms with van der Waals surface area (Å²) in [5.74, 6) is -3.31. The fourth-order valence-electron chi connectivity index (χ4n) is 8.12. The zero-order chi connectivity index (χ0) is 60.3. The molecule has 462 valence electrons. The van der Waals surface area contributed by atoms with Gasteiger partial charge in [0.15, 0.2) is 24.6 Å². The minimum atomic E-state index is -1.94. The van der Waals surface area contributed by atoms with Gasteiger partial charge in [0.1, 0.15) is 18.8 Å². The standard InChI is InChI=1S/C71H106O12/c1-4-7-10-13-16-19-22-25-28-31-32-35-36-39-42-45-48-51-54-57-63(72)79-60-62(81-64(73)58-55-52-49-46-43-40-37-33-29-26-23-20-17-14-11-8-5-2)61-80-71-69(67(76)66(75)68(83-71)70(77)78)82-65(74)59-56-53-50-47-44-41-38-34-30-27-24-21-18-15-12-9-6-3/h7-12,16-21,25-30,32,35,37-42,47,50,62,66-69,71,75-76H,4-6,13-15,22-24,31,33-34,36,43-46,48-49,51-61H2,1-3H3,(H,77,78)/b10-7-,11-8-,12-9-,19-16-,20-17-,21-18-,28-25-,29-26-,30-27-,35-32-,40-37-,41-38-,42-39-,50-47-. The molecule has 1 aliphatic heterocycles. The van der Waals surface area contributed by atoms with Crippen molar-refractivity contribution in [2.75, 3.05) is 13.2 Å². The van der Waals surface area contributed by atoms with Crippen molar-refractivity contribution in [3.63, 3.8) is 0 Å². The number of carbonyl (C=O) groups is 4. The Morgan fingerprint density at radius 1 is 0.398 bits per heavy atom. The first-order valence-electron chi connectivity index (χ1n) is 31.1. The molecule has 0 aliphatic carbocycles. The molecule has 0 amide bonds. The van der Waals surface area contributed by atoms with Crippen LogP contribution >= 0.6 is 0 Å². The zero-order valence-electron chi connectivity index (χ0n) is 50.9. The van der Waals surface area contributed by atoms with Crippen LogP contribution in [0.1, 0.15) is 201 Å². The maximum absolute atomic E-state index is 13.2. The molecule has 0 bridgehead atoms. The van der Waals surface area contributed by atoms with Crippen LogP contribution in [-0.2, 0) is 42.9 Å². The van der Waals surface area contributed by atoms with Crippen LogP contribution in [0.25, 0.3) is 0 Å². The van der Waals surface area contributed by atoms with Gasteiger partial charge >= 0.3 is 23.9 Å². The summed E-state index contributed by atoms with van der Waals surface area (Å²) in [5, 5.41) is 31.5. The molecule has 6 unspecified atom stereocenters. The van der Waals surface area contributed by atoms with E-state index in [2.05, 4.69) is 179 Å². The predicted molar refractivity (Wildman–Crippen MR) is 339 cm³/mol. The minimum Gasteiger partial charge on any atom is -0.479 e. The van der Waals surface area contributed by atoms with E-state index >= 15 is 0 Å². The lowest BCUT2D eigenvalue weighted by molar-refractivity contribution is -0.301. The monoisotopic (exact) mass is 1150 g/mol. The molecule has 0 aromatic heterocycles. The molecule has 0 radical (unpaired) electrons. The number of aliphatic hydroxyl groups is 2. The number of allylic oxidation sites excluding steroid dienone is 28. The highest BCUT2D eigenvalue weighted by Crippen LogP contribution is 2.26. The fraction of sp³-hybridized carbons (Fsp3) is 0.549. The molecule has 1 saturated heterocycles. The first-order valence-corrected chi connectivity index (χ1v) is 31.1. The van der Waals surface area contributed by atoms with E-state index in [9.17, 15) is 34.5 Å². The summed E-state index contributed by atoms with van der Waals surface area (Å²) in [7, 11) is 0. The smallest absolute Gasteiger partial charge is 0.335 e. The number of hydrogen-bond donors (Lipinski definition) is 3. The second kappa shape index (κ2) is 56.6. The number of esters is 3. The van der Waals surface area contributed by atoms with Crippen LogP contribution in [-0.4, -0.2) is 89.2 Å². The highest BCUT2D eigenvalue weighted by Gasteiger charge is 2.50. The number of hydrogen-bond acceptors (Lipinski definition) is 11. The minimum absolute atomic E-state index is 0.0350. The van der Waals surface area contributed by atoms with Crippen LogP contribution < -0.4 is 0 Å². The maximum atomic E-state index is 13.2. The zero-order valence-corrected chi connectivity index (χ0v) is 50.9. The van der Waals surface area contributed by atoms with E-state index in [4.69, 9.17) is 23.7 Å². The lowest BCUT2D eigenvalue weighted by Crippen LogP contribution is -2.61. The first-order chi connectivity index (χ1) is 40.6. The molecule has 1 rings (SSSR count). The number of carbonyl (C=O) groups excluding carboxylic acids is 3. The number of unbranched alkanes of at least 4 members (excludes halogenated alkanes) is 8. The van der Waals surface area contributed by atoms with Crippen LogP contribution in [0.2, 0.25) is 0 Å². The molecule has 6 atom stereocenters. The van der Waals surface area contributed by atoms with Crippen LogP contribution in [0.5, 0.6) is 0 Å². The third kappa shape index (κ3) is 46.2. The van der Waals surface area contributed by atoms with E-state index in [1.165, 1.54) is 0 Å². The van der Waals surface area contributed by atoms with Crippen LogP contribution in [0, 0.1) is 0 Å². The number of carboxylic acids is 1. The molecular weight excluding hydrogens is 1040 g/mol. The Labute approximate surface area is 500 Å². The van der Waals surface area contributed by atoms with Crippen LogP contribution in [0.4, 0.5) is 0 Å². The van der Waals surface area contributed by atoms with Gasteiger partial charge in [-0.05, 0) is 141 Å². The van der Waals surface area contributed by atoms with Crippen molar-refractivity contribution in [2.45, 2.75) is 237 Å². The Bertz CT molecular complexity index is 2090. The van der Waals surface area contributed by atoms with E-state index in [0.717, 1.165) is 135 Å². The van der Waals surface area contributed by atoms with E-state index in [0.29, 0.717) is 25.7 Å². The molecule has 12 heteroatoms. The molecule has 1 heterocycles. The topological polar surface area (TPSA) is 175 Å². The normalized spacial score (nSPS) is 18.8. The molecule has 1 fully saturated rings. The van der Waals surface area contributed by atoms with Gasteiger partial charge in [-0.1, -0.05) is 210 Å². The lowest BCUT2D eigenvalue weighted by Gasteiger charge is -2.40. The van der Waals surface area contributed by atoms with Crippen molar-refractivity contribution in [2.24, 2.45) is 0 Å². The SMILES string of the molecule is CC/C=C\C/C=C\C/C=C\C/C=C\C/C=C\CCCCCC(=O)OCC(COC1OC(C(=O)O)C(O)C(O)C1OC(=O)CCC/C=C\C/C=C\C/C=C\C/C=C\C/C=C\CC)OC(=O)CCCCCC/C=C\C/C=C\C/C=C\C/C=C\CC. The highest BCUT2D eigenvalue weighted by molar-refractivity contribution is 5.74. The quantitative estimate of drug-likeness (QED) is 0.0228. The van der Waals surface area contributed by atoms with Gasteiger partial charge in [-0.2, -0.15) is 0 Å². The molecule has 0 spiro atoms. The Morgan fingerprint density at radius 2 is 0.735 bits per heavy atom. The Balaban J connectivity index is 2.77.